The Hall–Kier alpha value is -2.83. The van der Waals surface area contributed by atoms with Gasteiger partial charge in [-0.25, -0.2) is 9.78 Å². The number of nitrogens with zero attached hydrogens (tertiary/aromatic N) is 1. The van der Waals surface area contributed by atoms with Gasteiger partial charge < -0.3 is 14.5 Å². The number of esters is 1. The molecule has 1 heterocycles. The number of aryl methyl sites for hydroxylation is 1. The number of methoxy groups -OCH3 is 1. The van der Waals surface area contributed by atoms with Crippen molar-refractivity contribution in [2.45, 2.75) is 12.8 Å². The molecule has 0 fully saturated rings. The number of hydrogen-bond acceptors (Lipinski definition) is 5. The fourth-order valence-corrected chi connectivity index (χ4v) is 2.76. The SMILES string of the molecule is COC(=O)c1ccc(Cl)c(NC(=O)CCc2ncc(-c3ccc(Cl)cc3)o2)c1. The Bertz CT molecular complexity index is 1000. The highest BCUT2D eigenvalue weighted by atomic mass is 35.5. The van der Waals surface area contributed by atoms with Crippen molar-refractivity contribution < 1.29 is 18.7 Å². The van der Waals surface area contributed by atoms with Gasteiger partial charge in [0.25, 0.3) is 0 Å². The summed E-state index contributed by atoms with van der Waals surface area (Å²) in [6, 6.07) is 11.7. The monoisotopic (exact) mass is 418 g/mol. The maximum absolute atomic E-state index is 12.2. The normalized spacial score (nSPS) is 10.5. The Morgan fingerprint density at radius 2 is 1.89 bits per heavy atom. The summed E-state index contributed by atoms with van der Waals surface area (Å²) in [6.45, 7) is 0. The summed E-state index contributed by atoms with van der Waals surface area (Å²) >= 11 is 12.0. The molecular weight excluding hydrogens is 403 g/mol. The summed E-state index contributed by atoms with van der Waals surface area (Å²) in [5, 5.41) is 3.64. The smallest absolute Gasteiger partial charge is 0.337 e. The summed E-state index contributed by atoms with van der Waals surface area (Å²) in [7, 11) is 1.28. The van der Waals surface area contributed by atoms with Crippen LogP contribution < -0.4 is 5.32 Å². The molecule has 6 nitrogen and oxygen atoms in total. The molecule has 28 heavy (non-hydrogen) atoms. The number of amides is 1. The third-order valence-electron chi connectivity index (χ3n) is 3.91. The molecule has 0 spiro atoms. The zero-order valence-corrected chi connectivity index (χ0v) is 16.4. The molecule has 0 aliphatic rings. The average Bonchev–Trinajstić information content (AvgIpc) is 3.17. The van der Waals surface area contributed by atoms with Gasteiger partial charge in [0.2, 0.25) is 5.91 Å². The van der Waals surface area contributed by atoms with Crippen LogP contribution in [0.3, 0.4) is 0 Å². The second-order valence-corrected chi connectivity index (χ2v) is 6.70. The molecule has 1 aromatic heterocycles. The standard InChI is InChI=1S/C20H16Cl2N2O4/c1-27-20(26)13-4-7-15(22)16(10-13)24-18(25)8-9-19-23-11-17(28-19)12-2-5-14(21)6-3-12/h2-7,10-11H,8-9H2,1H3,(H,24,25). The van der Waals surface area contributed by atoms with Crippen molar-refractivity contribution in [3.63, 3.8) is 0 Å². The number of aromatic nitrogens is 1. The molecule has 144 valence electrons. The Labute approximate surface area is 171 Å². The first-order valence-corrected chi connectivity index (χ1v) is 9.10. The zero-order chi connectivity index (χ0) is 20.1. The highest BCUT2D eigenvalue weighted by molar-refractivity contribution is 6.33. The minimum atomic E-state index is -0.512. The number of benzene rings is 2. The van der Waals surface area contributed by atoms with Crippen LogP contribution in [-0.4, -0.2) is 24.0 Å². The second kappa shape index (κ2) is 8.91. The van der Waals surface area contributed by atoms with Gasteiger partial charge in [0.05, 0.1) is 29.6 Å². The van der Waals surface area contributed by atoms with Crippen molar-refractivity contribution in [1.29, 1.82) is 0 Å². The molecule has 0 saturated heterocycles. The summed E-state index contributed by atoms with van der Waals surface area (Å²) < 4.78 is 10.3. The predicted molar refractivity (Wildman–Crippen MR) is 107 cm³/mol. The summed E-state index contributed by atoms with van der Waals surface area (Å²) in [6.07, 6.45) is 2.06. The number of anilines is 1. The van der Waals surface area contributed by atoms with Crippen molar-refractivity contribution in [3.05, 3.63) is 70.2 Å². The van der Waals surface area contributed by atoms with E-state index in [0.717, 1.165) is 5.56 Å². The van der Waals surface area contributed by atoms with Crippen LogP contribution in [0.2, 0.25) is 10.0 Å². The van der Waals surface area contributed by atoms with Crippen LogP contribution in [0, 0.1) is 0 Å². The molecule has 0 aliphatic heterocycles. The van der Waals surface area contributed by atoms with Crippen LogP contribution in [0.25, 0.3) is 11.3 Å². The summed E-state index contributed by atoms with van der Waals surface area (Å²) in [5.41, 5.74) is 1.48. The number of carbonyl (C=O) groups excluding carboxylic acids is 2. The molecule has 3 rings (SSSR count). The van der Waals surface area contributed by atoms with Crippen LogP contribution in [0.1, 0.15) is 22.7 Å². The third-order valence-corrected chi connectivity index (χ3v) is 4.49. The predicted octanol–water partition coefficient (Wildman–Crippen LogP) is 5.01. The van der Waals surface area contributed by atoms with Gasteiger partial charge in [-0.1, -0.05) is 23.2 Å². The Kier molecular flexibility index (Phi) is 6.34. The summed E-state index contributed by atoms with van der Waals surface area (Å²) in [4.78, 5) is 28.0. The molecule has 0 atom stereocenters. The topological polar surface area (TPSA) is 81.4 Å². The quantitative estimate of drug-likeness (QED) is 0.569. The maximum Gasteiger partial charge on any atom is 0.337 e. The van der Waals surface area contributed by atoms with E-state index >= 15 is 0 Å². The van der Waals surface area contributed by atoms with E-state index in [1.54, 1.807) is 18.3 Å². The van der Waals surface area contributed by atoms with E-state index in [2.05, 4.69) is 15.0 Å². The van der Waals surface area contributed by atoms with Crippen molar-refractivity contribution >= 4 is 40.8 Å². The van der Waals surface area contributed by atoms with E-state index in [1.807, 2.05) is 12.1 Å². The minimum absolute atomic E-state index is 0.138. The van der Waals surface area contributed by atoms with Crippen molar-refractivity contribution in [2.75, 3.05) is 12.4 Å². The molecule has 1 amide bonds. The first-order valence-electron chi connectivity index (χ1n) is 8.34. The molecule has 3 aromatic rings. The third kappa shape index (κ3) is 4.91. The highest BCUT2D eigenvalue weighted by Crippen LogP contribution is 2.25. The molecule has 0 aliphatic carbocycles. The van der Waals surface area contributed by atoms with E-state index in [1.165, 1.54) is 25.3 Å². The Balaban J connectivity index is 1.61. The molecule has 0 unspecified atom stereocenters. The molecule has 2 aromatic carbocycles. The molecule has 0 radical (unpaired) electrons. The number of hydrogen-bond donors (Lipinski definition) is 1. The number of halogens is 2. The van der Waals surface area contributed by atoms with Crippen LogP contribution in [0.4, 0.5) is 5.69 Å². The first kappa shape index (κ1) is 19.9. The minimum Gasteiger partial charge on any atom is -0.465 e. The van der Waals surface area contributed by atoms with Crippen molar-refractivity contribution in [3.8, 4) is 11.3 Å². The molecular formula is C20H16Cl2N2O4. The van der Waals surface area contributed by atoms with Gasteiger partial charge in [-0.05, 0) is 42.5 Å². The number of nitrogens with one attached hydrogen (secondary N) is 1. The molecule has 0 saturated carbocycles. The maximum atomic E-state index is 12.2. The van der Waals surface area contributed by atoms with Crippen molar-refractivity contribution in [1.82, 2.24) is 4.98 Å². The fourth-order valence-electron chi connectivity index (χ4n) is 2.47. The van der Waals surface area contributed by atoms with Gasteiger partial charge in [0, 0.05) is 23.4 Å². The average molecular weight is 419 g/mol. The number of oxazole rings is 1. The zero-order valence-electron chi connectivity index (χ0n) is 14.9. The van der Waals surface area contributed by atoms with Crippen LogP contribution in [0.15, 0.2) is 53.1 Å². The largest absolute Gasteiger partial charge is 0.465 e. The van der Waals surface area contributed by atoms with Gasteiger partial charge in [-0.15, -0.1) is 0 Å². The van der Waals surface area contributed by atoms with Gasteiger partial charge in [0.15, 0.2) is 11.7 Å². The highest BCUT2D eigenvalue weighted by Gasteiger charge is 2.13. The van der Waals surface area contributed by atoms with Gasteiger partial charge in [-0.2, -0.15) is 0 Å². The van der Waals surface area contributed by atoms with E-state index in [9.17, 15) is 9.59 Å². The van der Waals surface area contributed by atoms with Crippen LogP contribution in [0.5, 0.6) is 0 Å². The first-order chi connectivity index (χ1) is 13.5. The lowest BCUT2D eigenvalue weighted by Gasteiger charge is -2.08. The van der Waals surface area contributed by atoms with E-state index in [0.29, 0.717) is 39.4 Å². The van der Waals surface area contributed by atoms with E-state index in [-0.39, 0.29) is 12.3 Å². The van der Waals surface area contributed by atoms with Gasteiger partial charge in [0.1, 0.15) is 0 Å². The van der Waals surface area contributed by atoms with Crippen molar-refractivity contribution in [2.24, 2.45) is 0 Å². The van der Waals surface area contributed by atoms with Gasteiger partial charge >= 0.3 is 5.97 Å². The van der Waals surface area contributed by atoms with Crippen LogP contribution >= 0.6 is 23.2 Å². The van der Waals surface area contributed by atoms with Crippen LogP contribution in [-0.2, 0) is 16.0 Å². The number of rotatable bonds is 6. The van der Waals surface area contributed by atoms with E-state index in [4.69, 9.17) is 27.6 Å². The molecule has 1 N–H and O–H groups in total. The Morgan fingerprint density at radius 1 is 1.14 bits per heavy atom. The lowest BCUT2D eigenvalue weighted by Crippen LogP contribution is -2.13. The molecule has 0 bridgehead atoms. The summed E-state index contributed by atoms with van der Waals surface area (Å²) in [5.74, 6) is 0.243. The lowest BCUT2D eigenvalue weighted by molar-refractivity contribution is -0.116. The Morgan fingerprint density at radius 3 is 2.61 bits per heavy atom. The van der Waals surface area contributed by atoms with Gasteiger partial charge in [-0.3, -0.25) is 4.79 Å². The lowest BCUT2D eigenvalue weighted by atomic mass is 10.2. The van der Waals surface area contributed by atoms with E-state index < -0.39 is 5.97 Å². The number of carbonyl (C=O) groups is 2. The molecule has 8 heteroatoms. The second-order valence-electron chi connectivity index (χ2n) is 5.86. The fraction of sp³-hybridized carbons (Fsp3) is 0.150. The number of ether oxygens (including phenoxy) is 1.